The minimum atomic E-state index is -0.415. The molecule has 2 aliphatic carbocycles. The predicted octanol–water partition coefficient (Wildman–Crippen LogP) is 4.79. The molecule has 3 rings (SSSR count). The van der Waals surface area contributed by atoms with Gasteiger partial charge in [-0.3, -0.25) is 0 Å². The molecule has 2 heteroatoms. The second kappa shape index (κ2) is 5.97. The van der Waals surface area contributed by atoms with Gasteiger partial charge in [0, 0.05) is 6.42 Å². The molecule has 2 atom stereocenters. The van der Waals surface area contributed by atoms with E-state index in [9.17, 15) is 5.11 Å². The molecule has 1 heterocycles. The number of hydrogen-bond acceptors (Lipinski definition) is 2. The molecule has 0 saturated heterocycles. The highest BCUT2D eigenvalue weighted by atomic mass is 32.1. The van der Waals surface area contributed by atoms with Crippen molar-refractivity contribution < 1.29 is 5.11 Å². The van der Waals surface area contributed by atoms with Gasteiger partial charge in [-0.05, 0) is 47.1 Å². The second-order valence-electron chi connectivity index (χ2n) is 6.66. The fourth-order valence-corrected chi connectivity index (χ4v) is 5.10. The lowest BCUT2D eigenvalue weighted by Gasteiger charge is -2.45. The van der Waals surface area contributed by atoms with Crippen LogP contribution in [0.25, 0.3) is 0 Å². The summed E-state index contributed by atoms with van der Waals surface area (Å²) >= 11 is 1.75. The van der Waals surface area contributed by atoms with Crippen LogP contribution < -0.4 is 0 Å². The number of rotatable bonds is 3. The van der Waals surface area contributed by atoms with Gasteiger partial charge in [-0.15, -0.1) is 0 Å². The van der Waals surface area contributed by atoms with E-state index in [1.54, 1.807) is 11.3 Å². The fourth-order valence-electron chi connectivity index (χ4n) is 4.43. The minimum Gasteiger partial charge on any atom is -0.389 e. The van der Waals surface area contributed by atoms with Crippen LogP contribution in [0.1, 0.15) is 63.4 Å². The van der Waals surface area contributed by atoms with Crippen molar-refractivity contribution in [3.8, 4) is 0 Å². The van der Waals surface area contributed by atoms with E-state index < -0.39 is 5.60 Å². The SMILES string of the molecule is OC1(Cc2ccsc2)CCCCC1C1CCCCC1. The van der Waals surface area contributed by atoms with Crippen LogP contribution in [0.4, 0.5) is 0 Å². The van der Waals surface area contributed by atoms with Gasteiger partial charge in [0.1, 0.15) is 0 Å². The Hall–Kier alpha value is -0.340. The van der Waals surface area contributed by atoms with E-state index in [-0.39, 0.29) is 0 Å². The van der Waals surface area contributed by atoms with Crippen molar-refractivity contribution in [3.05, 3.63) is 22.4 Å². The van der Waals surface area contributed by atoms with E-state index in [0.29, 0.717) is 5.92 Å². The second-order valence-corrected chi connectivity index (χ2v) is 7.44. The maximum Gasteiger partial charge on any atom is 0.0718 e. The van der Waals surface area contributed by atoms with Crippen molar-refractivity contribution in [1.82, 2.24) is 0 Å². The van der Waals surface area contributed by atoms with Crippen molar-refractivity contribution >= 4 is 11.3 Å². The van der Waals surface area contributed by atoms with Gasteiger partial charge in [-0.1, -0.05) is 44.9 Å². The number of aliphatic hydroxyl groups is 1. The van der Waals surface area contributed by atoms with Crippen molar-refractivity contribution in [1.29, 1.82) is 0 Å². The Morgan fingerprint density at radius 2 is 1.89 bits per heavy atom. The Morgan fingerprint density at radius 3 is 2.63 bits per heavy atom. The van der Waals surface area contributed by atoms with Crippen molar-refractivity contribution in [2.75, 3.05) is 0 Å². The average molecular weight is 278 g/mol. The van der Waals surface area contributed by atoms with E-state index >= 15 is 0 Å². The smallest absolute Gasteiger partial charge is 0.0718 e. The van der Waals surface area contributed by atoms with E-state index in [2.05, 4.69) is 16.8 Å². The molecular weight excluding hydrogens is 252 g/mol. The van der Waals surface area contributed by atoms with Gasteiger partial charge < -0.3 is 5.11 Å². The molecule has 1 aromatic rings. The largest absolute Gasteiger partial charge is 0.389 e. The predicted molar refractivity (Wildman–Crippen MR) is 81.5 cm³/mol. The third-order valence-corrected chi connectivity index (χ3v) is 6.11. The van der Waals surface area contributed by atoms with Crippen LogP contribution in [-0.4, -0.2) is 10.7 Å². The molecule has 1 nitrogen and oxygen atoms in total. The highest BCUT2D eigenvalue weighted by Crippen LogP contribution is 2.45. The van der Waals surface area contributed by atoms with Gasteiger partial charge in [0.05, 0.1) is 5.60 Å². The van der Waals surface area contributed by atoms with Crippen LogP contribution in [0.5, 0.6) is 0 Å². The maximum atomic E-state index is 11.3. The van der Waals surface area contributed by atoms with Crippen LogP contribution in [0.3, 0.4) is 0 Å². The normalized spacial score (nSPS) is 33.4. The Morgan fingerprint density at radius 1 is 1.11 bits per heavy atom. The highest BCUT2D eigenvalue weighted by Gasteiger charge is 2.42. The van der Waals surface area contributed by atoms with Gasteiger partial charge >= 0.3 is 0 Å². The minimum absolute atomic E-state index is 0.415. The van der Waals surface area contributed by atoms with Crippen molar-refractivity contribution in [3.63, 3.8) is 0 Å². The van der Waals surface area contributed by atoms with Gasteiger partial charge in [0.25, 0.3) is 0 Å². The number of hydrogen-bond donors (Lipinski definition) is 1. The summed E-state index contributed by atoms with van der Waals surface area (Å²) in [6.07, 6.45) is 12.6. The summed E-state index contributed by atoms with van der Waals surface area (Å²) in [5, 5.41) is 15.6. The monoisotopic (exact) mass is 278 g/mol. The quantitative estimate of drug-likeness (QED) is 0.842. The first kappa shape index (κ1) is 13.6. The lowest BCUT2D eigenvalue weighted by Crippen LogP contribution is -2.46. The summed E-state index contributed by atoms with van der Waals surface area (Å²) in [4.78, 5) is 0. The maximum absolute atomic E-state index is 11.3. The first-order valence-electron chi connectivity index (χ1n) is 8.01. The molecule has 106 valence electrons. The summed E-state index contributed by atoms with van der Waals surface area (Å²) in [7, 11) is 0. The summed E-state index contributed by atoms with van der Waals surface area (Å²) in [6, 6.07) is 2.19. The third-order valence-electron chi connectivity index (χ3n) is 5.37. The van der Waals surface area contributed by atoms with Gasteiger partial charge in [0.15, 0.2) is 0 Å². The fraction of sp³-hybridized carbons (Fsp3) is 0.765. The Kier molecular flexibility index (Phi) is 4.28. The first-order chi connectivity index (χ1) is 9.28. The lowest BCUT2D eigenvalue weighted by molar-refractivity contribution is -0.0766. The molecule has 1 N–H and O–H groups in total. The summed E-state index contributed by atoms with van der Waals surface area (Å²) in [5.41, 5.74) is 0.927. The molecule has 1 aromatic heterocycles. The lowest BCUT2D eigenvalue weighted by atomic mass is 9.64. The zero-order valence-electron chi connectivity index (χ0n) is 11.8. The average Bonchev–Trinajstić information content (AvgIpc) is 2.92. The standard InChI is InChI=1S/C17H26OS/c18-17(12-14-9-11-19-13-14)10-5-4-8-16(17)15-6-2-1-3-7-15/h9,11,13,15-16,18H,1-8,10,12H2. The Labute approximate surface area is 121 Å². The van der Waals surface area contributed by atoms with Crippen LogP contribution in [0, 0.1) is 11.8 Å². The van der Waals surface area contributed by atoms with Crippen LogP contribution >= 0.6 is 11.3 Å². The molecule has 19 heavy (non-hydrogen) atoms. The molecule has 0 bridgehead atoms. The van der Waals surface area contributed by atoms with Gasteiger partial charge in [-0.25, -0.2) is 0 Å². The molecular formula is C17H26OS. The molecule has 2 aliphatic rings. The van der Waals surface area contributed by atoms with E-state index in [4.69, 9.17) is 0 Å². The summed E-state index contributed by atoms with van der Waals surface area (Å²) < 4.78 is 0. The molecule has 2 saturated carbocycles. The van der Waals surface area contributed by atoms with Gasteiger partial charge in [-0.2, -0.15) is 11.3 Å². The van der Waals surface area contributed by atoms with Crippen LogP contribution in [0.2, 0.25) is 0 Å². The zero-order valence-corrected chi connectivity index (χ0v) is 12.6. The van der Waals surface area contributed by atoms with E-state index in [0.717, 1.165) is 18.8 Å². The zero-order chi connectivity index (χ0) is 13.1. The third kappa shape index (κ3) is 3.05. The summed E-state index contributed by atoms with van der Waals surface area (Å²) in [6.45, 7) is 0. The molecule has 0 amide bonds. The molecule has 2 unspecified atom stereocenters. The van der Waals surface area contributed by atoms with Gasteiger partial charge in [0.2, 0.25) is 0 Å². The van der Waals surface area contributed by atoms with Crippen molar-refractivity contribution in [2.45, 2.75) is 69.8 Å². The van der Waals surface area contributed by atoms with E-state index in [1.807, 2.05) is 0 Å². The topological polar surface area (TPSA) is 20.2 Å². The first-order valence-corrected chi connectivity index (χ1v) is 8.96. The summed E-state index contributed by atoms with van der Waals surface area (Å²) in [5.74, 6) is 1.35. The van der Waals surface area contributed by atoms with Crippen LogP contribution in [-0.2, 0) is 6.42 Å². The molecule has 0 radical (unpaired) electrons. The molecule has 0 aromatic carbocycles. The molecule has 2 fully saturated rings. The molecule has 0 aliphatic heterocycles. The number of thiophene rings is 1. The highest BCUT2D eigenvalue weighted by molar-refractivity contribution is 7.07. The Balaban J connectivity index is 1.75. The molecule has 0 spiro atoms. The van der Waals surface area contributed by atoms with E-state index in [1.165, 1.54) is 56.9 Å². The van der Waals surface area contributed by atoms with Crippen LogP contribution in [0.15, 0.2) is 16.8 Å². The van der Waals surface area contributed by atoms with Crippen molar-refractivity contribution in [2.24, 2.45) is 11.8 Å². The Bertz CT molecular complexity index is 380.